The Morgan fingerprint density at radius 2 is 2.00 bits per heavy atom. The van der Waals surface area contributed by atoms with Gasteiger partial charge < -0.3 is 14.4 Å². The van der Waals surface area contributed by atoms with E-state index in [-0.39, 0.29) is 12.3 Å². The fourth-order valence-corrected chi connectivity index (χ4v) is 4.12. The van der Waals surface area contributed by atoms with Crippen LogP contribution in [0.2, 0.25) is 0 Å². The molecule has 4 rings (SSSR count). The van der Waals surface area contributed by atoms with Crippen LogP contribution in [0, 0.1) is 0 Å². The first-order chi connectivity index (χ1) is 13.0. The molecule has 2 heterocycles. The van der Waals surface area contributed by atoms with Gasteiger partial charge in [-0.3, -0.25) is 4.79 Å². The third-order valence-electron chi connectivity index (χ3n) is 5.47. The standard InChI is InChI=1S/C23H25NO3/c1-15(2)19-11-18(27-14-16-6-4-3-5-7-16)12-22-20(19)13-21-17(10-23(25)26)8-9-24(21)22/h3-7,11-13,15,17H,8-10,14H2,1-2H3,(H,25,26). The van der Waals surface area contributed by atoms with Crippen LogP contribution in [0.1, 0.15) is 55.3 Å². The zero-order valence-electron chi connectivity index (χ0n) is 15.8. The number of benzene rings is 2. The Hall–Kier alpha value is -2.75. The molecule has 0 radical (unpaired) electrons. The lowest BCUT2D eigenvalue weighted by Gasteiger charge is -2.13. The van der Waals surface area contributed by atoms with Crippen molar-refractivity contribution in [3.8, 4) is 5.75 Å². The van der Waals surface area contributed by atoms with Crippen molar-refractivity contribution in [3.05, 3.63) is 65.4 Å². The van der Waals surface area contributed by atoms with Gasteiger partial charge in [0.15, 0.2) is 0 Å². The van der Waals surface area contributed by atoms with Crippen LogP contribution in [0.5, 0.6) is 5.75 Å². The van der Waals surface area contributed by atoms with Gasteiger partial charge in [0.2, 0.25) is 0 Å². The molecule has 1 unspecified atom stereocenters. The van der Waals surface area contributed by atoms with Gasteiger partial charge in [-0.15, -0.1) is 0 Å². The maximum Gasteiger partial charge on any atom is 0.304 e. The van der Waals surface area contributed by atoms with Crippen molar-refractivity contribution < 1.29 is 14.6 Å². The number of hydrogen-bond donors (Lipinski definition) is 1. The topological polar surface area (TPSA) is 51.5 Å². The molecule has 4 nitrogen and oxygen atoms in total. The molecule has 1 aliphatic rings. The molecule has 0 fully saturated rings. The molecule has 0 bridgehead atoms. The predicted octanol–water partition coefficient (Wildman–Crippen LogP) is 5.31. The Balaban J connectivity index is 1.71. The Bertz CT molecular complexity index is 972. The average Bonchev–Trinajstić information content (AvgIpc) is 3.20. The molecule has 1 aliphatic heterocycles. The first-order valence-electron chi connectivity index (χ1n) is 9.58. The smallest absolute Gasteiger partial charge is 0.304 e. The van der Waals surface area contributed by atoms with Crippen LogP contribution in [0.15, 0.2) is 48.5 Å². The Morgan fingerprint density at radius 1 is 1.22 bits per heavy atom. The van der Waals surface area contributed by atoms with Crippen LogP contribution in [-0.2, 0) is 17.9 Å². The fourth-order valence-electron chi connectivity index (χ4n) is 4.12. The van der Waals surface area contributed by atoms with Crippen LogP contribution in [0.4, 0.5) is 0 Å². The summed E-state index contributed by atoms with van der Waals surface area (Å²) >= 11 is 0. The molecular weight excluding hydrogens is 338 g/mol. The van der Waals surface area contributed by atoms with E-state index in [4.69, 9.17) is 4.74 Å². The van der Waals surface area contributed by atoms with Gasteiger partial charge in [-0.2, -0.15) is 0 Å². The van der Waals surface area contributed by atoms with E-state index in [2.05, 4.69) is 48.7 Å². The lowest BCUT2D eigenvalue weighted by atomic mass is 9.96. The minimum Gasteiger partial charge on any atom is -0.489 e. The molecule has 0 spiro atoms. The normalized spacial score (nSPS) is 16.0. The summed E-state index contributed by atoms with van der Waals surface area (Å²) < 4.78 is 8.39. The second kappa shape index (κ2) is 7.10. The van der Waals surface area contributed by atoms with Gasteiger partial charge in [0.25, 0.3) is 0 Å². The molecule has 4 heteroatoms. The second-order valence-electron chi connectivity index (χ2n) is 7.68. The number of fused-ring (bicyclic) bond motifs is 3. The van der Waals surface area contributed by atoms with Crippen molar-refractivity contribution in [2.24, 2.45) is 0 Å². The summed E-state index contributed by atoms with van der Waals surface area (Å²) in [6.45, 7) is 5.79. The molecule has 0 saturated carbocycles. The number of aromatic nitrogens is 1. The molecule has 27 heavy (non-hydrogen) atoms. The molecule has 3 aromatic rings. The number of nitrogens with zero attached hydrogens (tertiary/aromatic N) is 1. The van der Waals surface area contributed by atoms with Crippen molar-refractivity contribution in [1.29, 1.82) is 0 Å². The molecule has 1 aromatic heterocycles. The van der Waals surface area contributed by atoms with Crippen LogP contribution in [-0.4, -0.2) is 15.6 Å². The molecule has 1 atom stereocenters. The number of hydrogen-bond acceptors (Lipinski definition) is 2. The maximum atomic E-state index is 11.2. The quantitative estimate of drug-likeness (QED) is 0.646. The summed E-state index contributed by atoms with van der Waals surface area (Å²) in [4.78, 5) is 11.2. The number of carboxylic acid groups (broad SMARTS) is 1. The SMILES string of the molecule is CC(C)c1cc(OCc2ccccc2)cc2c1cc1n2CCC1CC(=O)O. The van der Waals surface area contributed by atoms with E-state index in [0.29, 0.717) is 12.5 Å². The lowest BCUT2D eigenvalue weighted by molar-refractivity contribution is -0.137. The number of carbonyl (C=O) groups is 1. The number of ether oxygens (including phenoxy) is 1. The Labute approximate surface area is 159 Å². The monoisotopic (exact) mass is 363 g/mol. The van der Waals surface area contributed by atoms with Crippen molar-refractivity contribution in [3.63, 3.8) is 0 Å². The molecule has 1 N–H and O–H groups in total. The third-order valence-corrected chi connectivity index (χ3v) is 5.47. The highest BCUT2D eigenvalue weighted by molar-refractivity contribution is 5.87. The minimum absolute atomic E-state index is 0.101. The van der Waals surface area contributed by atoms with E-state index >= 15 is 0 Å². The first-order valence-corrected chi connectivity index (χ1v) is 9.58. The highest BCUT2D eigenvalue weighted by Gasteiger charge is 2.28. The van der Waals surface area contributed by atoms with Gasteiger partial charge in [-0.05, 0) is 35.6 Å². The third kappa shape index (κ3) is 3.44. The van der Waals surface area contributed by atoms with Crippen molar-refractivity contribution in [1.82, 2.24) is 4.57 Å². The number of aliphatic carboxylic acids is 1. The minimum atomic E-state index is -0.727. The summed E-state index contributed by atoms with van der Waals surface area (Å²) in [6, 6.07) is 16.6. The second-order valence-corrected chi connectivity index (χ2v) is 7.68. The number of aryl methyl sites for hydroxylation is 1. The number of rotatable bonds is 6. The predicted molar refractivity (Wildman–Crippen MR) is 106 cm³/mol. The first kappa shape index (κ1) is 17.7. The van der Waals surface area contributed by atoms with Gasteiger partial charge in [-0.25, -0.2) is 0 Å². The van der Waals surface area contributed by atoms with Crippen LogP contribution in [0.3, 0.4) is 0 Å². The maximum absolute atomic E-state index is 11.2. The largest absolute Gasteiger partial charge is 0.489 e. The molecular formula is C23H25NO3. The van der Waals surface area contributed by atoms with Gasteiger partial charge >= 0.3 is 5.97 Å². The average molecular weight is 363 g/mol. The highest BCUT2D eigenvalue weighted by atomic mass is 16.5. The van der Waals surface area contributed by atoms with Gasteiger partial charge in [0, 0.05) is 29.6 Å². The molecule has 140 valence electrons. The molecule has 0 saturated heterocycles. The Kier molecular flexibility index (Phi) is 4.65. The van der Waals surface area contributed by atoms with Crippen LogP contribution in [0.25, 0.3) is 10.9 Å². The van der Waals surface area contributed by atoms with Crippen molar-refractivity contribution >= 4 is 16.9 Å². The van der Waals surface area contributed by atoms with Gasteiger partial charge in [0.05, 0.1) is 11.9 Å². The zero-order chi connectivity index (χ0) is 19.0. The van der Waals surface area contributed by atoms with E-state index in [1.807, 2.05) is 18.2 Å². The molecule has 0 aliphatic carbocycles. The summed E-state index contributed by atoms with van der Waals surface area (Å²) in [7, 11) is 0. The van der Waals surface area contributed by atoms with Crippen molar-refractivity contribution in [2.75, 3.05) is 0 Å². The summed E-state index contributed by atoms with van der Waals surface area (Å²) in [5.74, 6) is 0.615. The van der Waals surface area contributed by atoms with E-state index in [1.54, 1.807) is 0 Å². The van der Waals surface area contributed by atoms with Gasteiger partial charge in [0.1, 0.15) is 12.4 Å². The van der Waals surface area contributed by atoms with Crippen LogP contribution >= 0.6 is 0 Å². The zero-order valence-corrected chi connectivity index (χ0v) is 15.8. The van der Waals surface area contributed by atoms with E-state index in [0.717, 1.165) is 35.5 Å². The summed E-state index contributed by atoms with van der Waals surface area (Å²) in [5.41, 5.74) is 4.71. The fraction of sp³-hybridized carbons (Fsp3) is 0.348. The lowest BCUT2D eigenvalue weighted by Crippen LogP contribution is -2.02. The summed E-state index contributed by atoms with van der Waals surface area (Å²) in [5, 5.41) is 10.4. The number of carboxylic acids is 1. The van der Waals surface area contributed by atoms with E-state index in [1.165, 1.54) is 10.9 Å². The van der Waals surface area contributed by atoms with Crippen molar-refractivity contribution in [2.45, 2.75) is 51.7 Å². The summed E-state index contributed by atoms with van der Waals surface area (Å²) in [6.07, 6.45) is 1.09. The van der Waals surface area contributed by atoms with Gasteiger partial charge in [-0.1, -0.05) is 44.2 Å². The molecule has 2 aromatic carbocycles. The van der Waals surface area contributed by atoms with E-state index < -0.39 is 5.97 Å². The van der Waals surface area contributed by atoms with E-state index in [9.17, 15) is 9.90 Å². The molecule has 0 amide bonds. The highest BCUT2D eigenvalue weighted by Crippen LogP contribution is 2.40. The Morgan fingerprint density at radius 3 is 2.70 bits per heavy atom. The van der Waals surface area contributed by atoms with Crippen LogP contribution < -0.4 is 4.74 Å².